The summed E-state index contributed by atoms with van der Waals surface area (Å²) in [5.41, 5.74) is 1.01. The highest BCUT2D eigenvalue weighted by Crippen LogP contribution is 2.27. The van der Waals surface area contributed by atoms with Gasteiger partial charge < -0.3 is 20.5 Å². The van der Waals surface area contributed by atoms with Gasteiger partial charge in [-0.2, -0.15) is 0 Å². The third-order valence-corrected chi connectivity index (χ3v) is 5.86. The van der Waals surface area contributed by atoms with Gasteiger partial charge in [0.15, 0.2) is 5.60 Å². The molecule has 0 saturated heterocycles. The quantitative estimate of drug-likeness (QED) is 0.230. The highest BCUT2D eigenvalue weighted by molar-refractivity contribution is 5.95. The number of benzene rings is 2. The summed E-state index contributed by atoms with van der Waals surface area (Å²) < 4.78 is 5.17. The van der Waals surface area contributed by atoms with Crippen molar-refractivity contribution in [1.82, 2.24) is 16.1 Å². The van der Waals surface area contributed by atoms with Crippen LogP contribution in [0.15, 0.2) is 54.6 Å². The largest absolute Gasteiger partial charge is 0.497 e. The molecule has 3 amide bonds. The second kappa shape index (κ2) is 12.9. The van der Waals surface area contributed by atoms with E-state index in [4.69, 9.17) is 9.94 Å². The van der Waals surface area contributed by atoms with Crippen LogP contribution in [0.3, 0.4) is 0 Å². The smallest absolute Gasteiger partial charge is 0.253 e. The van der Waals surface area contributed by atoms with Gasteiger partial charge in [0.1, 0.15) is 11.8 Å². The van der Waals surface area contributed by atoms with Gasteiger partial charge in [0.05, 0.1) is 13.0 Å². The number of carbonyl (C=O) groups excluding carboxylic acids is 3. The summed E-state index contributed by atoms with van der Waals surface area (Å²) in [7, 11) is 1.55. The number of amides is 3. The van der Waals surface area contributed by atoms with E-state index in [-0.39, 0.29) is 25.3 Å². The number of hydrogen-bond donors (Lipinski definition) is 5. The predicted molar refractivity (Wildman–Crippen MR) is 130 cm³/mol. The van der Waals surface area contributed by atoms with Crippen molar-refractivity contribution in [3.8, 4) is 5.75 Å². The molecule has 0 aliphatic rings. The maximum absolute atomic E-state index is 13.3. The molecule has 5 N–H and O–H groups in total. The van der Waals surface area contributed by atoms with Crippen molar-refractivity contribution < 1.29 is 29.4 Å². The van der Waals surface area contributed by atoms with Crippen LogP contribution >= 0.6 is 0 Å². The summed E-state index contributed by atoms with van der Waals surface area (Å²) in [6.07, 6.45) is 0.100. The van der Waals surface area contributed by atoms with Crippen molar-refractivity contribution in [3.05, 3.63) is 65.7 Å². The molecule has 0 aliphatic heterocycles. The van der Waals surface area contributed by atoms with Gasteiger partial charge in [-0.3, -0.25) is 19.6 Å². The Balaban J connectivity index is 2.28. The minimum Gasteiger partial charge on any atom is -0.497 e. The summed E-state index contributed by atoms with van der Waals surface area (Å²) in [6, 6.07) is 15.4. The fourth-order valence-corrected chi connectivity index (χ4v) is 3.80. The number of hydroxylamine groups is 1. The number of methoxy groups -OCH3 is 1. The van der Waals surface area contributed by atoms with Crippen molar-refractivity contribution in [3.63, 3.8) is 0 Å². The van der Waals surface area contributed by atoms with Gasteiger partial charge in [-0.15, -0.1) is 0 Å². The van der Waals surface area contributed by atoms with Crippen molar-refractivity contribution in [1.29, 1.82) is 0 Å². The molecule has 35 heavy (non-hydrogen) atoms. The van der Waals surface area contributed by atoms with Crippen LogP contribution < -0.4 is 20.9 Å². The Bertz CT molecular complexity index is 980. The molecule has 9 nitrogen and oxygen atoms in total. The fraction of sp³-hybridized carbons (Fsp3) is 0.423. The lowest BCUT2D eigenvalue weighted by Crippen LogP contribution is -2.60. The van der Waals surface area contributed by atoms with Gasteiger partial charge in [-0.1, -0.05) is 63.2 Å². The maximum Gasteiger partial charge on any atom is 0.253 e. The van der Waals surface area contributed by atoms with Crippen LogP contribution in [-0.4, -0.2) is 46.8 Å². The standard InChI is InChI=1S/C26H35N3O6/c1-17(2)15-26(33,18(3)23(30)29-34)25(32)28-22(14-19-10-12-21(35-4)13-11-19)24(31)27-16-20-8-6-5-7-9-20/h5-13,17-18,22,33-34H,14-16H2,1-4H3,(H,27,31)(H,28,32)(H,29,30). The van der Waals surface area contributed by atoms with E-state index in [0.717, 1.165) is 11.1 Å². The van der Waals surface area contributed by atoms with Gasteiger partial charge >= 0.3 is 0 Å². The first-order valence-corrected chi connectivity index (χ1v) is 11.5. The molecule has 190 valence electrons. The minimum absolute atomic E-state index is 0.0473. The molecule has 0 radical (unpaired) electrons. The SMILES string of the molecule is COc1ccc(CC(NC(=O)C(O)(CC(C)C)C(C)C(=O)NO)C(=O)NCc2ccccc2)cc1. The van der Waals surface area contributed by atoms with Crippen LogP contribution in [0.25, 0.3) is 0 Å². The van der Waals surface area contributed by atoms with E-state index < -0.39 is 35.3 Å². The first kappa shape index (κ1) is 27.8. The fourth-order valence-electron chi connectivity index (χ4n) is 3.80. The van der Waals surface area contributed by atoms with Crippen LogP contribution in [-0.2, 0) is 27.3 Å². The molecule has 0 heterocycles. The van der Waals surface area contributed by atoms with Gasteiger partial charge in [0, 0.05) is 13.0 Å². The summed E-state index contributed by atoms with van der Waals surface area (Å²) in [6.45, 7) is 5.20. The number of ether oxygens (including phenoxy) is 1. The van der Waals surface area contributed by atoms with Crippen LogP contribution in [0.2, 0.25) is 0 Å². The number of rotatable bonds is 12. The van der Waals surface area contributed by atoms with Crippen LogP contribution in [0.1, 0.15) is 38.3 Å². The topological polar surface area (TPSA) is 137 Å². The second-order valence-electron chi connectivity index (χ2n) is 9.00. The third kappa shape index (κ3) is 7.80. The van der Waals surface area contributed by atoms with E-state index in [0.29, 0.717) is 5.75 Å². The van der Waals surface area contributed by atoms with Gasteiger partial charge in [0.25, 0.3) is 5.91 Å². The first-order valence-electron chi connectivity index (χ1n) is 11.5. The molecule has 3 atom stereocenters. The van der Waals surface area contributed by atoms with E-state index in [1.54, 1.807) is 45.2 Å². The summed E-state index contributed by atoms with van der Waals surface area (Å²) in [4.78, 5) is 38.5. The van der Waals surface area contributed by atoms with Crippen molar-refractivity contribution >= 4 is 17.7 Å². The van der Waals surface area contributed by atoms with Crippen molar-refractivity contribution in [2.75, 3.05) is 7.11 Å². The molecule has 0 bridgehead atoms. The lowest BCUT2D eigenvalue weighted by molar-refractivity contribution is -0.159. The zero-order valence-electron chi connectivity index (χ0n) is 20.6. The van der Waals surface area contributed by atoms with E-state index >= 15 is 0 Å². The molecule has 2 aromatic rings. The van der Waals surface area contributed by atoms with E-state index in [9.17, 15) is 19.5 Å². The van der Waals surface area contributed by atoms with E-state index in [2.05, 4.69) is 10.6 Å². The lowest BCUT2D eigenvalue weighted by atomic mass is 9.80. The average Bonchev–Trinajstić information content (AvgIpc) is 2.86. The molecule has 2 rings (SSSR count). The number of nitrogens with one attached hydrogen (secondary N) is 3. The number of carbonyl (C=O) groups is 3. The van der Waals surface area contributed by atoms with Crippen LogP contribution in [0.4, 0.5) is 0 Å². The summed E-state index contributed by atoms with van der Waals surface area (Å²) in [5, 5.41) is 25.8. The molecule has 0 saturated carbocycles. The Morgan fingerprint density at radius 1 is 0.943 bits per heavy atom. The average molecular weight is 486 g/mol. The Labute approximate surface area is 205 Å². The Morgan fingerprint density at radius 3 is 2.11 bits per heavy atom. The number of hydrogen-bond acceptors (Lipinski definition) is 6. The Hall–Kier alpha value is -3.43. The van der Waals surface area contributed by atoms with Crippen LogP contribution in [0.5, 0.6) is 5.75 Å². The molecular weight excluding hydrogens is 450 g/mol. The highest BCUT2D eigenvalue weighted by Gasteiger charge is 2.46. The predicted octanol–water partition coefficient (Wildman–Crippen LogP) is 1.96. The van der Waals surface area contributed by atoms with E-state index in [1.807, 2.05) is 30.3 Å². The molecule has 0 aromatic heterocycles. The molecule has 0 spiro atoms. The monoisotopic (exact) mass is 485 g/mol. The zero-order chi connectivity index (χ0) is 26.0. The van der Waals surface area contributed by atoms with E-state index in [1.165, 1.54) is 12.4 Å². The van der Waals surface area contributed by atoms with Gasteiger partial charge in [0.2, 0.25) is 11.8 Å². The third-order valence-electron chi connectivity index (χ3n) is 5.86. The molecule has 0 aliphatic carbocycles. The molecule has 9 heteroatoms. The maximum atomic E-state index is 13.3. The number of aliphatic hydroxyl groups is 1. The zero-order valence-corrected chi connectivity index (χ0v) is 20.6. The van der Waals surface area contributed by atoms with Crippen molar-refractivity contribution in [2.45, 2.75) is 51.8 Å². The van der Waals surface area contributed by atoms with Crippen molar-refractivity contribution in [2.24, 2.45) is 11.8 Å². The summed E-state index contributed by atoms with van der Waals surface area (Å²) >= 11 is 0. The molecule has 0 fully saturated rings. The lowest BCUT2D eigenvalue weighted by Gasteiger charge is -2.34. The van der Waals surface area contributed by atoms with Gasteiger partial charge in [-0.25, -0.2) is 5.48 Å². The highest BCUT2D eigenvalue weighted by atomic mass is 16.5. The Kier molecular flexibility index (Phi) is 10.2. The van der Waals surface area contributed by atoms with Gasteiger partial charge in [-0.05, 0) is 35.6 Å². The molecule has 3 unspecified atom stereocenters. The molecular formula is C26H35N3O6. The first-order chi connectivity index (χ1) is 16.6. The molecule has 2 aromatic carbocycles. The summed E-state index contributed by atoms with van der Waals surface area (Å²) in [5.74, 6) is -2.96. The minimum atomic E-state index is -2.14. The van der Waals surface area contributed by atoms with Crippen LogP contribution in [0, 0.1) is 11.8 Å². The second-order valence-corrected chi connectivity index (χ2v) is 9.00. The Morgan fingerprint density at radius 2 is 1.57 bits per heavy atom. The normalized spacial score (nSPS) is 14.4.